The van der Waals surface area contributed by atoms with E-state index in [4.69, 9.17) is 11.6 Å². The van der Waals surface area contributed by atoms with Gasteiger partial charge in [-0.15, -0.1) is 11.6 Å². The Bertz CT molecular complexity index is 369. The maximum absolute atomic E-state index is 6.02. The minimum Gasteiger partial charge on any atom is -0.122 e. The summed E-state index contributed by atoms with van der Waals surface area (Å²) in [5, 5.41) is 0. The molecule has 0 fully saturated rings. The Morgan fingerprint density at radius 3 is 2.00 bits per heavy atom. The maximum Gasteiger partial charge on any atom is 0.0477 e. The van der Waals surface area contributed by atoms with E-state index in [9.17, 15) is 0 Å². The van der Waals surface area contributed by atoms with E-state index in [2.05, 4.69) is 55.8 Å². The van der Waals surface area contributed by atoms with E-state index >= 15 is 0 Å². The number of halogens is 2. The zero-order valence-corrected chi connectivity index (χ0v) is 13.5. The molecule has 1 rings (SSSR count). The predicted octanol–water partition coefficient (Wildman–Crippen LogP) is 5.58. The molecular weight excluding hydrogens is 296 g/mol. The number of benzene rings is 1. The number of hydrogen-bond donors (Lipinski definition) is 0. The van der Waals surface area contributed by atoms with Crippen molar-refractivity contribution in [2.45, 2.75) is 46.4 Å². The van der Waals surface area contributed by atoms with Crippen LogP contribution in [0.4, 0.5) is 0 Å². The molecule has 0 bridgehead atoms. The van der Waals surface area contributed by atoms with E-state index in [1.807, 2.05) is 0 Å². The number of hydrogen-bond acceptors (Lipinski definition) is 0. The summed E-state index contributed by atoms with van der Waals surface area (Å²) in [4.78, 5) is 0. The fourth-order valence-corrected chi connectivity index (χ4v) is 3.02. The summed E-state index contributed by atoms with van der Waals surface area (Å²) in [6.07, 6.45) is 2.21. The fourth-order valence-electron chi connectivity index (χ4n) is 2.06. The third kappa shape index (κ3) is 4.30. The first-order chi connectivity index (χ1) is 7.95. The van der Waals surface area contributed by atoms with Crippen molar-refractivity contribution in [3.63, 3.8) is 0 Å². The predicted molar refractivity (Wildman–Crippen MR) is 80.8 cm³/mol. The Kier molecular flexibility index (Phi) is 6.02. The van der Waals surface area contributed by atoms with Gasteiger partial charge in [0.25, 0.3) is 0 Å². The average Bonchev–Trinajstić information content (AvgIpc) is 2.23. The summed E-state index contributed by atoms with van der Waals surface area (Å²) in [6, 6.07) is 4.40. The normalized spacial score (nSPS) is 11.5. The molecule has 0 unspecified atom stereocenters. The third-order valence-electron chi connectivity index (χ3n) is 2.80. The average molecular weight is 318 g/mol. The van der Waals surface area contributed by atoms with Gasteiger partial charge in [-0.2, -0.15) is 0 Å². The number of alkyl halides is 1. The molecule has 0 aromatic heterocycles. The van der Waals surface area contributed by atoms with Crippen molar-refractivity contribution in [2.24, 2.45) is 11.8 Å². The summed E-state index contributed by atoms with van der Waals surface area (Å²) in [7, 11) is 0. The van der Waals surface area contributed by atoms with Gasteiger partial charge in [0.1, 0.15) is 0 Å². The van der Waals surface area contributed by atoms with Gasteiger partial charge in [-0.25, -0.2) is 0 Å². The van der Waals surface area contributed by atoms with Crippen molar-refractivity contribution in [2.75, 3.05) is 0 Å². The highest BCUT2D eigenvalue weighted by Crippen LogP contribution is 2.30. The molecule has 0 aliphatic carbocycles. The lowest BCUT2D eigenvalue weighted by atomic mass is 9.94. The monoisotopic (exact) mass is 316 g/mol. The molecule has 2 heteroatoms. The second kappa shape index (κ2) is 6.80. The summed E-state index contributed by atoms with van der Waals surface area (Å²) in [5.74, 6) is 1.94. The van der Waals surface area contributed by atoms with E-state index in [0.29, 0.717) is 17.7 Å². The highest BCUT2D eigenvalue weighted by atomic mass is 79.9. The van der Waals surface area contributed by atoms with Crippen molar-refractivity contribution in [1.29, 1.82) is 0 Å². The minimum atomic E-state index is 0.600. The molecule has 1 aromatic carbocycles. The summed E-state index contributed by atoms with van der Waals surface area (Å²) in [5.41, 5.74) is 4.07. The Morgan fingerprint density at radius 1 is 1.00 bits per heavy atom. The summed E-state index contributed by atoms with van der Waals surface area (Å²) < 4.78 is 1.28. The molecule has 0 amide bonds. The zero-order chi connectivity index (χ0) is 13.0. The highest BCUT2D eigenvalue weighted by molar-refractivity contribution is 9.10. The highest BCUT2D eigenvalue weighted by Gasteiger charge is 2.13. The Morgan fingerprint density at radius 2 is 1.53 bits per heavy atom. The van der Waals surface area contributed by atoms with Crippen LogP contribution in [0.25, 0.3) is 0 Å². The molecular formula is C15H22BrCl. The van der Waals surface area contributed by atoms with Gasteiger partial charge in [0.2, 0.25) is 0 Å². The third-order valence-corrected chi connectivity index (χ3v) is 4.08. The van der Waals surface area contributed by atoms with Crippen LogP contribution < -0.4 is 0 Å². The lowest BCUT2D eigenvalue weighted by Crippen LogP contribution is -2.04. The molecule has 96 valence electrons. The standard InChI is InChI=1S/C15H22BrCl/c1-10(2)7-12-5-6-13(9-17)14(15(12)16)8-11(3)4/h5-6,10-11H,7-9H2,1-4H3. The minimum absolute atomic E-state index is 0.600. The SMILES string of the molecule is CC(C)Cc1ccc(CCl)c(CC(C)C)c1Br. The molecule has 1 aromatic rings. The van der Waals surface area contributed by atoms with Gasteiger partial charge in [0.15, 0.2) is 0 Å². The molecule has 0 heterocycles. The molecule has 0 saturated carbocycles. The largest absolute Gasteiger partial charge is 0.122 e. The topological polar surface area (TPSA) is 0 Å². The van der Waals surface area contributed by atoms with Crippen LogP contribution in [-0.2, 0) is 18.7 Å². The van der Waals surface area contributed by atoms with Gasteiger partial charge >= 0.3 is 0 Å². The lowest BCUT2D eigenvalue weighted by molar-refractivity contribution is 0.630. The molecule has 0 aliphatic heterocycles. The van der Waals surface area contributed by atoms with E-state index in [1.54, 1.807) is 0 Å². The molecule has 0 spiro atoms. The van der Waals surface area contributed by atoms with Crippen molar-refractivity contribution < 1.29 is 0 Å². The van der Waals surface area contributed by atoms with Crippen LogP contribution in [0.1, 0.15) is 44.4 Å². The Labute approximate surface area is 119 Å². The van der Waals surface area contributed by atoms with E-state index in [-0.39, 0.29) is 0 Å². The molecule has 0 saturated heterocycles. The first-order valence-corrected chi connectivity index (χ1v) is 7.63. The van der Waals surface area contributed by atoms with Gasteiger partial charge in [0, 0.05) is 10.4 Å². The van der Waals surface area contributed by atoms with Gasteiger partial charge in [0.05, 0.1) is 0 Å². The Balaban J connectivity index is 3.12. The van der Waals surface area contributed by atoms with Crippen LogP contribution >= 0.6 is 27.5 Å². The summed E-state index contributed by atoms with van der Waals surface area (Å²) >= 11 is 9.80. The van der Waals surface area contributed by atoms with Crippen molar-refractivity contribution in [3.05, 3.63) is 33.3 Å². The van der Waals surface area contributed by atoms with Crippen LogP contribution in [0.3, 0.4) is 0 Å². The maximum atomic E-state index is 6.02. The van der Waals surface area contributed by atoms with Crippen molar-refractivity contribution in [3.8, 4) is 0 Å². The van der Waals surface area contributed by atoms with E-state index in [0.717, 1.165) is 12.8 Å². The van der Waals surface area contributed by atoms with E-state index in [1.165, 1.54) is 21.2 Å². The van der Waals surface area contributed by atoms with Crippen LogP contribution in [-0.4, -0.2) is 0 Å². The van der Waals surface area contributed by atoms with Crippen molar-refractivity contribution >= 4 is 27.5 Å². The van der Waals surface area contributed by atoms with Gasteiger partial charge in [-0.1, -0.05) is 55.8 Å². The summed E-state index contributed by atoms with van der Waals surface area (Å²) in [6.45, 7) is 9.01. The van der Waals surface area contributed by atoms with Crippen LogP contribution in [0, 0.1) is 11.8 Å². The molecule has 0 radical (unpaired) electrons. The Hall–Kier alpha value is -0.0100. The lowest BCUT2D eigenvalue weighted by Gasteiger charge is -2.16. The van der Waals surface area contributed by atoms with Gasteiger partial charge < -0.3 is 0 Å². The molecule has 17 heavy (non-hydrogen) atoms. The van der Waals surface area contributed by atoms with Crippen molar-refractivity contribution in [1.82, 2.24) is 0 Å². The molecule has 0 atom stereocenters. The molecule has 0 aliphatic rings. The number of rotatable bonds is 5. The van der Waals surface area contributed by atoms with Gasteiger partial charge in [-0.3, -0.25) is 0 Å². The van der Waals surface area contributed by atoms with Crippen LogP contribution in [0.2, 0.25) is 0 Å². The fraction of sp³-hybridized carbons (Fsp3) is 0.600. The van der Waals surface area contributed by atoms with Crippen LogP contribution in [0.15, 0.2) is 16.6 Å². The quantitative estimate of drug-likeness (QED) is 0.621. The first-order valence-electron chi connectivity index (χ1n) is 6.30. The smallest absolute Gasteiger partial charge is 0.0477 e. The van der Waals surface area contributed by atoms with Gasteiger partial charge in [-0.05, 0) is 41.4 Å². The zero-order valence-electron chi connectivity index (χ0n) is 11.2. The second-order valence-electron chi connectivity index (χ2n) is 5.51. The molecule has 0 N–H and O–H groups in total. The second-order valence-corrected chi connectivity index (χ2v) is 6.57. The molecule has 0 nitrogen and oxygen atoms in total. The van der Waals surface area contributed by atoms with E-state index < -0.39 is 0 Å². The first kappa shape index (κ1) is 15.0. The van der Waals surface area contributed by atoms with Crippen LogP contribution in [0.5, 0.6) is 0 Å².